The predicted molar refractivity (Wildman–Crippen MR) is 64.1 cm³/mol. The van der Waals surface area contributed by atoms with Crippen LogP contribution in [0.2, 0.25) is 0 Å². The molecule has 0 aromatic rings. The lowest BCUT2D eigenvalue weighted by molar-refractivity contribution is -0.138. The van der Waals surface area contributed by atoms with Gasteiger partial charge in [-0.3, -0.25) is 9.59 Å². The normalized spacial score (nSPS) is 16.9. The molecule has 7 heteroatoms. The molecular formula is C11H19N3O4. The van der Waals surface area contributed by atoms with Crippen molar-refractivity contribution in [1.29, 1.82) is 0 Å². The van der Waals surface area contributed by atoms with Crippen LogP contribution in [-0.2, 0) is 9.59 Å². The van der Waals surface area contributed by atoms with E-state index in [4.69, 9.17) is 5.11 Å². The number of hydrogen-bond donors (Lipinski definition) is 4. The molecule has 18 heavy (non-hydrogen) atoms. The highest BCUT2D eigenvalue weighted by Crippen LogP contribution is 2.32. The van der Waals surface area contributed by atoms with E-state index in [2.05, 4.69) is 16.0 Å². The number of hydrogen-bond acceptors (Lipinski definition) is 3. The Morgan fingerprint density at radius 3 is 2.33 bits per heavy atom. The summed E-state index contributed by atoms with van der Waals surface area (Å²) < 4.78 is 0. The van der Waals surface area contributed by atoms with Gasteiger partial charge in [0.05, 0.1) is 18.5 Å². The monoisotopic (exact) mass is 257 g/mol. The lowest BCUT2D eigenvalue weighted by atomic mass is 9.93. The van der Waals surface area contributed by atoms with Gasteiger partial charge in [0.15, 0.2) is 0 Å². The van der Waals surface area contributed by atoms with Gasteiger partial charge >= 0.3 is 12.0 Å². The van der Waals surface area contributed by atoms with Crippen LogP contribution in [0.3, 0.4) is 0 Å². The Morgan fingerprint density at radius 2 is 1.83 bits per heavy atom. The summed E-state index contributed by atoms with van der Waals surface area (Å²) in [6.45, 7) is -0.120. The lowest BCUT2D eigenvalue weighted by Crippen LogP contribution is -2.52. The maximum absolute atomic E-state index is 11.6. The molecule has 1 aliphatic carbocycles. The largest absolute Gasteiger partial charge is 0.481 e. The van der Waals surface area contributed by atoms with E-state index in [-0.39, 0.29) is 18.9 Å². The van der Waals surface area contributed by atoms with Crippen molar-refractivity contribution >= 4 is 17.9 Å². The number of carboxylic acid groups (broad SMARTS) is 1. The molecule has 0 atom stereocenters. The van der Waals surface area contributed by atoms with E-state index in [1.165, 1.54) is 7.05 Å². The standard InChI is InChI=1S/C11H19N3O4/c1-12-8(15)7-13-10(18)14-11(6-9(16)17)4-2-3-5-11/h2-7H2,1H3,(H,12,15)(H,16,17)(H2,13,14,18). The zero-order valence-electron chi connectivity index (χ0n) is 10.4. The van der Waals surface area contributed by atoms with Crippen LogP contribution in [0.1, 0.15) is 32.1 Å². The minimum Gasteiger partial charge on any atom is -0.481 e. The molecule has 0 heterocycles. The summed E-state index contributed by atoms with van der Waals surface area (Å²) >= 11 is 0. The molecule has 1 rings (SSSR count). The molecule has 7 nitrogen and oxygen atoms in total. The molecule has 0 spiro atoms. The Labute approximate surface area is 105 Å². The van der Waals surface area contributed by atoms with E-state index in [1.54, 1.807) is 0 Å². The number of amides is 3. The number of carboxylic acids is 1. The van der Waals surface area contributed by atoms with E-state index >= 15 is 0 Å². The van der Waals surface area contributed by atoms with Crippen LogP contribution in [0.15, 0.2) is 0 Å². The summed E-state index contributed by atoms with van der Waals surface area (Å²) in [6.07, 6.45) is 3.05. The van der Waals surface area contributed by atoms with E-state index in [1.807, 2.05) is 0 Å². The van der Waals surface area contributed by atoms with Crippen LogP contribution in [0.4, 0.5) is 4.79 Å². The molecule has 3 amide bonds. The Bertz CT molecular complexity index is 337. The van der Waals surface area contributed by atoms with Crippen molar-refractivity contribution in [3.05, 3.63) is 0 Å². The Hall–Kier alpha value is -1.79. The van der Waals surface area contributed by atoms with E-state index in [9.17, 15) is 14.4 Å². The topological polar surface area (TPSA) is 108 Å². The fourth-order valence-electron chi connectivity index (χ4n) is 2.22. The van der Waals surface area contributed by atoms with Crippen molar-refractivity contribution in [3.63, 3.8) is 0 Å². The van der Waals surface area contributed by atoms with Crippen molar-refractivity contribution < 1.29 is 19.5 Å². The van der Waals surface area contributed by atoms with Crippen molar-refractivity contribution in [3.8, 4) is 0 Å². The van der Waals surface area contributed by atoms with Gasteiger partial charge in [0, 0.05) is 7.05 Å². The molecule has 1 fully saturated rings. The first-order valence-corrected chi connectivity index (χ1v) is 5.96. The molecule has 0 aliphatic heterocycles. The maximum Gasteiger partial charge on any atom is 0.315 e. The SMILES string of the molecule is CNC(=O)CNC(=O)NC1(CC(=O)O)CCCC1. The first kappa shape index (κ1) is 14.3. The highest BCUT2D eigenvalue weighted by Gasteiger charge is 2.37. The van der Waals surface area contributed by atoms with Gasteiger partial charge in [-0.2, -0.15) is 0 Å². The third-order valence-electron chi connectivity index (χ3n) is 3.12. The van der Waals surface area contributed by atoms with Crippen molar-refractivity contribution in [2.75, 3.05) is 13.6 Å². The molecule has 0 unspecified atom stereocenters. The van der Waals surface area contributed by atoms with Gasteiger partial charge in [0.2, 0.25) is 5.91 Å². The Kier molecular flexibility index (Phi) is 4.94. The minimum absolute atomic E-state index is 0.0829. The molecule has 0 saturated heterocycles. The molecule has 0 aromatic carbocycles. The van der Waals surface area contributed by atoms with E-state index < -0.39 is 17.5 Å². The minimum atomic E-state index is -0.927. The third kappa shape index (κ3) is 4.23. The number of nitrogens with one attached hydrogen (secondary N) is 3. The number of likely N-dealkylation sites (N-methyl/N-ethyl adjacent to an activating group) is 1. The predicted octanol–water partition coefficient (Wildman–Crippen LogP) is -0.181. The second kappa shape index (κ2) is 6.23. The summed E-state index contributed by atoms with van der Waals surface area (Å²) in [5, 5.41) is 16.3. The fraction of sp³-hybridized carbons (Fsp3) is 0.727. The first-order valence-electron chi connectivity index (χ1n) is 5.96. The fourth-order valence-corrected chi connectivity index (χ4v) is 2.22. The van der Waals surface area contributed by atoms with Gasteiger partial charge in [-0.1, -0.05) is 12.8 Å². The van der Waals surface area contributed by atoms with Gasteiger partial charge < -0.3 is 21.1 Å². The van der Waals surface area contributed by atoms with Crippen LogP contribution in [0, 0.1) is 0 Å². The first-order chi connectivity index (χ1) is 8.47. The molecule has 0 bridgehead atoms. The molecule has 0 radical (unpaired) electrons. The zero-order valence-corrected chi connectivity index (χ0v) is 10.4. The average molecular weight is 257 g/mol. The molecular weight excluding hydrogens is 238 g/mol. The van der Waals surface area contributed by atoms with Gasteiger partial charge in [0.1, 0.15) is 0 Å². The van der Waals surface area contributed by atoms with Gasteiger partial charge in [-0.05, 0) is 12.8 Å². The zero-order chi connectivity index (χ0) is 13.6. The highest BCUT2D eigenvalue weighted by molar-refractivity contribution is 5.84. The van der Waals surface area contributed by atoms with E-state index in [0.29, 0.717) is 12.8 Å². The second-order valence-corrected chi connectivity index (χ2v) is 4.54. The highest BCUT2D eigenvalue weighted by atomic mass is 16.4. The number of urea groups is 1. The molecule has 1 aliphatic rings. The Balaban J connectivity index is 2.48. The molecule has 102 valence electrons. The smallest absolute Gasteiger partial charge is 0.315 e. The van der Waals surface area contributed by atoms with Crippen molar-refractivity contribution in [1.82, 2.24) is 16.0 Å². The number of carbonyl (C=O) groups is 3. The van der Waals surface area contributed by atoms with E-state index in [0.717, 1.165) is 12.8 Å². The summed E-state index contributed by atoms with van der Waals surface area (Å²) in [6, 6.07) is -0.498. The summed E-state index contributed by atoms with van der Waals surface area (Å²) in [4.78, 5) is 33.4. The maximum atomic E-state index is 11.6. The summed E-state index contributed by atoms with van der Waals surface area (Å²) in [5.41, 5.74) is -0.668. The number of carbonyl (C=O) groups excluding carboxylic acids is 2. The van der Waals surface area contributed by atoms with Gasteiger partial charge in [-0.15, -0.1) is 0 Å². The lowest BCUT2D eigenvalue weighted by Gasteiger charge is -2.28. The molecule has 1 saturated carbocycles. The van der Waals surface area contributed by atoms with Crippen LogP contribution < -0.4 is 16.0 Å². The van der Waals surface area contributed by atoms with Crippen LogP contribution >= 0.6 is 0 Å². The second-order valence-electron chi connectivity index (χ2n) is 4.54. The van der Waals surface area contributed by atoms with Crippen LogP contribution in [0.5, 0.6) is 0 Å². The Morgan fingerprint density at radius 1 is 1.22 bits per heavy atom. The summed E-state index contributed by atoms with van der Waals surface area (Å²) in [5.74, 6) is -1.23. The van der Waals surface area contributed by atoms with Gasteiger partial charge in [-0.25, -0.2) is 4.79 Å². The molecule has 4 N–H and O–H groups in total. The summed E-state index contributed by atoms with van der Waals surface area (Å²) in [7, 11) is 1.48. The molecule has 0 aromatic heterocycles. The third-order valence-corrected chi connectivity index (χ3v) is 3.12. The van der Waals surface area contributed by atoms with Gasteiger partial charge in [0.25, 0.3) is 0 Å². The van der Waals surface area contributed by atoms with Crippen molar-refractivity contribution in [2.24, 2.45) is 0 Å². The van der Waals surface area contributed by atoms with Crippen LogP contribution in [-0.4, -0.2) is 42.1 Å². The number of aliphatic carboxylic acids is 1. The number of rotatable bonds is 5. The van der Waals surface area contributed by atoms with Crippen LogP contribution in [0.25, 0.3) is 0 Å². The average Bonchev–Trinajstić information content (AvgIpc) is 2.73. The quantitative estimate of drug-likeness (QED) is 0.548. The van der Waals surface area contributed by atoms with Crippen molar-refractivity contribution in [2.45, 2.75) is 37.6 Å².